The van der Waals surface area contributed by atoms with Crippen LogP contribution in [0.25, 0.3) is 0 Å². The van der Waals surface area contributed by atoms with Gasteiger partial charge in [0.2, 0.25) is 5.91 Å². The average molecular weight is 289 g/mol. The Morgan fingerprint density at radius 3 is 2.52 bits per heavy atom. The number of nitrogens with one attached hydrogen (secondary N) is 2. The van der Waals surface area contributed by atoms with Crippen LogP contribution in [0.4, 0.5) is 0 Å². The zero-order valence-electron chi connectivity index (χ0n) is 13.5. The van der Waals surface area contributed by atoms with E-state index in [9.17, 15) is 4.79 Å². The van der Waals surface area contributed by atoms with Crippen molar-refractivity contribution in [3.63, 3.8) is 0 Å². The number of carbonyl (C=O) groups is 1. The van der Waals surface area contributed by atoms with Crippen molar-refractivity contribution in [3.8, 4) is 0 Å². The van der Waals surface area contributed by atoms with E-state index >= 15 is 0 Å². The van der Waals surface area contributed by atoms with Crippen molar-refractivity contribution >= 4 is 5.91 Å². The largest absolute Gasteiger partial charge is 0.334 e. The first-order valence-electron chi connectivity index (χ1n) is 7.88. The minimum Gasteiger partial charge on any atom is -0.334 e. The van der Waals surface area contributed by atoms with Crippen molar-refractivity contribution in [3.05, 3.63) is 35.4 Å². The summed E-state index contributed by atoms with van der Waals surface area (Å²) in [6.45, 7) is 9.10. The van der Waals surface area contributed by atoms with Crippen LogP contribution in [0.2, 0.25) is 0 Å². The molecule has 0 saturated carbocycles. The molecule has 0 spiro atoms. The van der Waals surface area contributed by atoms with Crippen LogP contribution in [0, 0.1) is 6.92 Å². The predicted molar refractivity (Wildman–Crippen MR) is 85.6 cm³/mol. The van der Waals surface area contributed by atoms with Crippen LogP contribution in [0.15, 0.2) is 24.3 Å². The molecule has 1 aliphatic heterocycles. The highest BCUT2D eigenvalue weighted by Gasteiger charge is 2.31. The summed E-state index contributed by atoms with van der Waals surface area (Å²) in [5, 5.41) is 0. The predicted octanol–water partition coefficient (Wildman–Crippen LogP) is 2.38. The molecule has 4 heteroatoms. The first-order valence-corrected chi connectivity index (χ1v) is 7.88. The van der Waals surface area contributed by atoms with Gasteiger partial charge in [-0.3, -0.25) is 10.2 Å². The summed E-state index contributed by atoms with van der Waals surface area (Å²) in [7, 11) is 0. The maximum absolute atomic E-state index is 12.8. The van der Waals surface area contributed by atoms with Crippen LogP contribution in [0.1, 0.15) is 44.7 Å². The number of hydrogen-bond donors (Lipinski definition) is 2. The molecule has 2 N–H and O–H groups in total. The summed E-state index contributed by atoms with van der Waals surface area (Å²) < 4.78 is 0. The van der Waals surface area contributed by atoms with Crippen molar-refractivity contribution in [2.24, 2.45) is 0 Å². The van der Waals surface area contributed by atoms with Crippen LogP contribution in [0.3, 0.4) is 0 Å². The van der Waals surface area contributed by atoms with Crippen LogP contribution in [0.5, 0.6) is 0 Å². The van der Waals surface area contributed by atoms with Crippen molar-refractivity contribution in [1.82, 2.24) is 15.8 Å². The standard InChI is InChI=1S/C17H27N3O/c1-5-14(4)20(11-15-8-6-12(2)7-9-15)17(21)16-10-13(3)18-19-16/h6-9,13-14,16,18-19H,5,10-11H2,1-4H3. The fraction of sp³-hybridized carbons (Fsp3) is 0.588. The lowest BCUT2D eigenvalue weighted by Gasteiger charge is -2.31. The molecule has 21 heavy (non-hydrogen) atoms. The number of carbonyl (C=O) groups excluding carboxylic acids is 1. The first kappa shape index (κ1) is 16.0. The highest BCUT2D eigenvalue weighted by atomic mass is 16.2. The summed E-state index contributed by atoms with van der Waals surface area (Å²) in [6.07, 6.45) is 1.81. The molecule has 2 rings (SSSR count). The van der Waals surface area contributed by atoms with Crippen molar-refractivity contribution in [1.29, 1.82) is 0 Å². The number of amides is 1. The SMILES string of the molecule is CCC(C)N(Cc1ccc(C)cc1)C(=O)C1CC(C)NN1. The van der Waals surface area contributed by atoms with Crippen molar-refractivity contribution in [2.75, 3.05) is 0 Å². The topological polar surface area (TPSA) is 44.4 Å². The summed E-state index contributed by atoms with van der Waals surface area (Å²) in [4.78, 5) is 14.8. The maximum atomic E-state index is 12.8. The molecule has 0 bridgehead atoms. The Kier molecular flexibility index (Phi) is 5.37. The lowest BCUT2D eigenvalue weighted by molar-refractivity contribution is -0.136. The highest BCUT2D eigenvalue weighted by Crippen LogP contribution is 2.16. The van der Waals surface area contributed by atoms with E-state index in [1.807, 2.05) is 4.90 Å². The average Bonchev–Trinajstić information content (AvgIpc) is 2.92. The normalized spacial score (nSPS) is 23.0. The number of nitrogens with zero attached hydrogens (tertiary/aromatic N) is 1. The summed E-state index contributed by atoms with van der Waals surface area (Å²) in [6, 6.07) is 8.91. The fourth-order valence-electron chi connectivity index (χ4n) is 2.64. The van der Waals surface area contributed by atoms with E-state index in [1.165, 1.54) is 11.1 Å². The van der Waals surface area contributed by atoms with Crippen molar-refractivity contribution in [2.45, 2.75) is 65.2 Å². The van der Waals surface area contributed by atoms with Gasteiger partial charge in [-0.1, -0.05) is 36.8 Å². The van der Waals surface area contributed by atoms with Gasteiger partial charge >= 0.3 is 0 Å². The summed E-state index contributed by atoms with van der Waals surface area (Å²) >= 11 is 0. The van der Waals surface area contributed by atoms with Gasteiger partial charge in [0.25, 0.3) is 0 Å². The zero-order chi connectivity index (χ0) is 15.4. The monoisotopic (exact) mass is 289 g/mol. The smallest absolute Gasteiger partial charge is 0.241 e. The maximum Gasteiger partial charge on any atom is 0.241 e. The minimum absolute atomic E-state index is 0.112. The second-order valence-electron chi connectivity index (χ2n) is 6.19. The molecule has 1 saturated heterocycles. The van der Waals surface area contributed by atoms with E-state index in [0.717, 1.165) is 12.8 Å². The Bertz CT molecular complexity index is 471. The molecule has 116 valence electrons. The molecule has 1 heterocycles. The van der Waals surface area contributed by atoms with Crippen LogP contribution < -0.4 is 10.9 Å². The molecule has 1 aliphatic rings. The second-order valence-corrected chi connectivity index (χ2v) is 6.19. The van der Waals surface area contributed by atoms with Gasteiger partial charge in [0.05, 0.1) is 0 Å². The Morgan fingerprint density at radius 2 is 2.00 bits per heavy atom. The number of aryl methyl sites for hydroxylation is 1. The highest BCUT2D eigenvalue weighted by molar-refractivity contribution is 5.82. The second kappa shape index (κ2) is 7.05. The number of rotatable bonds is 5. The van der Waals surface area contributed by atoms with Gasteiger partial charge in [0.1, 0.15) is 6.04 Å². The Labute approximate surface area is 127 Å². The summed E-state index contributed by atoms with van der Waals surface area (Å²) in [5.41, 5.74) is 8.69. The third-order valence-corrected chi connectivity index (χ3v) is 4.27. The van der Waals surface area contributed by atoms with Gasteiger partial charge < -0.3 is 4.90 Å². The van der Waals surface area contributed by atoms with Gasteiger partial charge in [0, 0.05) is 18.6 Å². The van der Waals surface area contributed by atoms with Crippen LogP contribution >= 0.6 is 0 Å². The molecular formula is C17H27N3O. The molecule has 0 aliphatic carbocycles. The Hall–Kier alpha value is -1.39. The lowest BCUT2D eigenvalue weighted by atomic mass is 10.1. The van der Waals surface area contributed by atoms with Gasteiger partial charge in [0.15, 0.2) is 0 Å². The fourth-order valence-corrected chi connectivity index (χ4v) is 2.64. The van der Waals surface area contributed by atoms with Gasteiger partial charge in [-0.15, -0.1) is 0 Å². The van der Waals surface area contributed by atoms with Crippen LogP contribution in [-0.2, 0) is 11.3 Å². The Morgan fingerprint density at radius 1 is 1.33 bits per heavy atom. The molecule has 3 unspecified atom stereocenters. The van der Waals surface area contributed by atoms with Gasteiger partial charge in [-0.05, 0) is 39.2 Å². The molecular weight excluding hydrogens is 262 g/mol. The number of hydrazine groups is 1. The number of benzene rings is 1. The molecule has 4 nitrogen and oxygen atoms in total. The van der Waals surface area contributed by atoms with E-state index in [-0.39, 0.29) is 18.0 Å². The van der Waals surface area contributed by atoms with E-state index < -0.39 is 0 Å². The molecule has 0 radical (unpaired) electrons. The molecule has 0 aromatic heterocycles. The molecule has 1 fully saturated rings. The zero-order valence-corrected chi connectivity index (χ0v) is 13.5. The first-order chi connectivity index (χ1) is 10.0. The lowest BCUT2D eigenvalue weighted by Crippen LogP contribution is -2.48. The number of hydrogen-bond acceptors (Lipinski definition) is 3. The van der Waals surface area contributed by atoms with E-state index in [2.05, 4.69) is 62.8 Å². The third-order valence-electron chi connectivity index (χ3n) is 4.27. The molecule has 3 atom stereocenters. The summed E-state index contributed by atoms with van der Waals surface area (Å²) in [5.74, 6) is 0.196. The van der Waals surface area contributed by atoms with E-state index in [1.54, 1.807) is 0 Å². The minimum atomic E-state index is -0.112. The van der Waals surface area contributed by atoms with E-state index in [4.69, 9.17) is 0 Å². The van der Waals surface area contributed by atoms with E-state index in [0.29, 0.717) is 12.6 Å². The molecule has 1 aromatic rings. The molecule has 1 amide bonds. The van der Waals surface area contributed by atoms with Crippen LogP contribution in [-0.4, -0.2) is 28.9 Å². The van der Waals surface area contributed by atoms with Gasteiger partial charge in [-0.25, -0.2) is 5.43 Å². The molecule has 1 aromatic carbocycles. The third kappa shape index (κ3) is 4.05. The van der Waals surface area contributed by atoms with Gasteiger partial charge in [-0.2, -0.15) is 0 Å². The van der Waals surface area contributed by atoms with Crippen molar-refractivity contribution < 1.29 is 4.79 Å². The quantitative estimate of drug-likeness (QED) is 0.875. The Balaban J connectivity index is 2.10.